The van der Waals surface area contributed by atoms with Gasteiger partial charge < -0.3 is 5.32 Å². The maximum atomic E-state index is 13.1. The van der Waals surface area contributed by atoms with Gasteiger partial charge in [-0.1, -0.05) is 29.8 Å². The number of carbonyl (C=O) groups excluding carboxylic acids is 1. The highest BCUT2D eigenvalue weighted by Crippen LogP contribution is 2.25. The molecule has 1 heterocycles. The van der Waals surface area contributed by atoms with E-state index in [4.69, 9.17) is 0 Å². The van der Waals surface area contributed by atoms with Crippen molar-refractivity contribution in [2.75, 3.05) is 13.1 Å². The van der Waals surface area contributed by atoms with Gasteiger partial charge in [-0.05, 0) is 56.5 Å². The van der Waals surface area contributed by atoms with Crippen LogP contribution in [0.1, 0.15) is 36.9 Å². The second-order valence-corrected chi connectivity index (χ2v) is 9.24. The second-order valence-electron chi connectivity index (χ2n) is 7.30. The van der Waals surface area contributed by atoms with Crippen molar-refractivity contribution in [3.63, 3.8) is 0 Å². The Morgan fingerprint density at radius 3 is 2.43 bits per heavy atom. The molecule has 1 aliphatic rings. The first-order valence-electron chi connectivity index (χ1n) is 9.40. The molecule has 0 aliphatic carbocycles. The van der Waals surface area contributed by atoms with Gasteiger partial charge in [0, 0.05) is 13.1 Å². The molecule has 5 nitrogen and oxygen atoms in total. The molecule has 2 aromatic carbocycles. The molecule has 0 saturated carbocycles. The quantitative estimate of drug-likeness (QED) is 0.830. The molecule has 28 heavy (non-hydrogen) atoms. The maximum absolute atomic E-state index is 13.1. The van der Waals surface area contributed by atoms with Gasteiger partial charge in [-0.3, -0.25) is 4.79 Å². The molecule has 1 aliphatic heterocycles. The number of piperidine rings is 1. The highest BCUT2D eigenvalue weighted by molar-refractivity contribution is 7.89. The van der Waals surface area contributed by atoms with Crippen molar-refractivity contribution in [2.24, 2.45) is 5.92 Å². The summed E-state index contributed by atoms with van der Waals surface area (Å²) in [4.78, 5) is 12.8. The van der Waals surface area contributed by atoms with Gasteiger partial charge >= 0.3 is 0 Å². The van der Waals surface area contributed by atoms with Crippen molar-refractivity contribution >= 4 is 15.9 Å². The molecule has 2 aromatic rings. The maximum Gasteiger partial charge on any atom is 0.243 e. The van der Waals surface area contributed by atoms with Gasteiger partial charge in [0.2, 0.25) is 15.9 Å². The van der Waals surface area contributed by atoms with Crippen molar-refractivity contribution in [3.8, 4) is 0 Å². The second kappa shape index (κ2) is 8.41. The average molecular weight is 405 g/mol. The molecule has 0 radical (unpaired) electrons. The number of hydrogen-bond acceptors (Lipinski definition) is 3. The minimum atomic E-state index is -3.74. The largest absolute Gasteiger partial charge is 0.349 e. The summed E-state index contributed by atoms with van der Waals surface area (Å²) < 4.78 is 40.1. The predicted molar refractivity (Wildman–Crippen MR) is 106 cm³/mol. The molecule has 1 amide bonds. The lowest BCUT2D eigenvalue weighted by Gasteiger charge is -2.32. The Labute approximate surface area is 165 Å². The van der Waals surface area contributed by atoms with E-state index in [1.165, 1.54) is 16.4 Å². The number of halogens is 1. The van der Waals surface area contributed by atoms with E-state index in [0.29, 0.717) is 19.4 Å². The van der Waals surface area contributed by atoms with Crippen LogP contribution in [-0.2, 0) is 14.8 Å². The van der Waals surface area contributed by atoms with E-state index in [1.54, 1.807) is 0 Å². The monoisotopic (exact) mass is 404 g/mol. The van der Waals surface area contributed by atoms with Gasteiger partial charge in [0.15, 0.2) is 0 Å². The van der Waals surface area contributed by atoms with Crippen LogP contribution in [0.15, 0.2) is 53.4 Å². The summed E-state index contributed by atoms with van der Waals surface area (Å²) in [6.07, 6.45) is 1.25. The van der Waals surface area contributed by atoms with Crippen LogP contribution in [0.3, 0.4) is 0 Å². The van der Waals surface area contributed by atoms with E-state index in [1.807, 2.05) is 38.1 Å². The lowest BCUT2D eigenvalue weighted by atomic mass is 9.97. The smallest absolute Gasteiger partial charge is 0.243 e. The third-order valence-corrected chi connectivity index (χ3v) is 7.02. The number of aryl methyl sites for hydroxylation is 1. The van der Waals surface area contributed by atoms with Crippen LogP contribution in [0.25, 0.3) is 0 Å². The number of amides is 1. The first kappa shape index (κ1) is 20.5. The molecule has 0 bridgehead atoms. The molecular weight excluding hydrogens is 379 g/mol. The Morgan fingerprint density at radius 1 is 1.14 bits per heavy atom. The summed E-state index contributed by atoms with van der Waals surface area (Å²) >= 11 is 0. The van der Waals surface area contributed by atoms with E-state index in [0.717, 1.165) is 23.3 Å². The normalized spacial score (nSPS) is 19.2. The van der Waals surface area contributed by atoms with Crippen LogP contribution < -0.4 is 5.32 Å². The molecule has 0 unspecified atom stereocenters. The number of sulfonamides is 1. The molecule has 0 spiro atoms. The Balaban J connectivity index is 1.67. The lowest BCUT2D eigenvalue weighted by Crippen LogP contribution is -2.45. The van der Waals surface area contributed by atoms with E-state index >= 15 is 0 Å². The summed E-state index contributed by atoms with van der Waals surface area (Å²) in [5.74, 6) is -1.04. The van der Waals surface area contributed by atoms with Crippen LogP contribution in [0, 0.1) is 18.7 Å². The van der Waals surface area contributed by atoms with Gasteiger partial charge in [0.1, 0.15) is 5.82 Å². The van der Waals surface area contributed by atoms with Gasteiger partial charge in [-0.25, -0.2) is 12.8 Å². The average Bonchev–Trinajstić information content (AvgIpc) is 2.69. The SMILES string of the molecule is Cc1ccc([C@H](C)NC(=O)[C@@H]2CCCN(S(=O)(=O)c3ccc(F)cc3)C2)cc1. The first-order valence-corrected chi connectivity index (χ1v) is 10.8. The van der Waals surface area contributed by atoms with E-state index < -0.39 is 21.8 Å². The number of carbonyl (C=O) groups is 1. The minimum Gasteiger partial charge on any atom is -0.349 e. The molecule has 7 heteroatoms. The summed E-state index contributed by atoms with van der Waals surface area (Å²) in [6.45, 7) is 4.41. The third kappa shape index (κ3) is 4.59. The fourth-order valence-corrected chi connectivity index (χ4v) is 4.92. The van der Waals surface area contributed by atoms with Crippen LogP contribution >= 0.6 is 0 Å². The molecular formula is C21H25FN2O3S. The Bertz CT molecular complexity index is 927. The molecule has 0 aromatic heterocycles. The van der Waals surface area contributed by atoms with Gasteiger partial charge in [0.25, 0.3) is 0 Å². The van der Waals surface area contributed by atoms with E-state index in [9.17, 15) is 17.6 Å². The van der Waals surface area contributed by atoms with Crippen LogP contribution in [0.2, 0.25) is 0 Å². The van der Waals surface area contributed by atoms with Gasteiger partial charge in [0.05, 0.1) is 16.9 Å². The van der Waals surface area contributed by atoms with Crippen molar-refractivity contribution in [2.45, 2.75) is 37.6 Å². The molecule has 3 rings (SSSR count). The highest BCUT2D eigenvalue weighted by atomic mass is 32.2. The number of nitrogens with one attached hydrogen (secondary N) is 1. The topological polar surface area (TPSA) is 66.5 Å². The molecule has 1 N–H and O–H groups in total. The zero-order valence-electron chi connectivity index (χ0n) is 16.1. The van der Waals surface area contributed by atoms with Crippen LogP contribution in [0.5, 0.6) is 0 Å². The predicted octanol–water partition coefficient (Wildman–Crippen LogP) is 3.41. The third-order valence-electron chi connectivity index (χ3n) is 5.14. The fourth-order valence-electron chi connectivity index (χ4n) is 3.40. The summed E-state index contributed by atoms with van der Waals surface area (Å²) in [7, 11) is -3.74. The molecule has 150 valence electrons. The highest BCUT2D eigenvalue weighted by Gasteiger charge is 2.33. The van der Waals surface area contributed by atoms with Crippen molar-refractivity contribution < 1.29 is 17.6 Å². The number of benzene rings is 2. The Morgan fingerprint density at radius 2 is 1.79 bits per heavy atom. The summed E-state index contributed by atoms with van der Waals surface area (Å²) in [5.41, 5.74) is 2.15. The van der Waals surface area contributed by atoms with Crippen molar-refractivity contribution in [1.29, 1.82) is 0 Å². The minimum absolute atomic E-state index is 0.0444. The number of hydrogen-bond donors (Lipinski definition) is 1. The number of rotatable bonds is 5. The van der Waals surface area contributed by atoms with Crippen molar-refractivity contribution in [1.82, 2.24) is 9.62 Å². The Hall–Kier alpha value is -2.25. The van der Waals surface area contributed by atoms with Gasteiger partial charge in [-0.15, -0.1) is 0 Å². The standard InChI is InChI=1S/C21H25FN2O3S/c1-15-5-7-17(8-6-15)16(2)23-21(25)18-4-3-13-24(14-18)28(26,27)20-11-9-19(22)10-12-20/h5-12,16,18H,3-4,13-14H2,1-2H3,(H,23,25)/t16-,18+/m0/s1. The van der Waals surface area contributed by atoms with Crippen LogP contribution in [-0.4, -0.2) is 31.7 Å². The molecule has 2 atom stereocenters. The number of nitrogens with zero attached hydrogens (tertiary/aromatic N) is 1. The van der Waals surface area contributed by atoms with Gasteiger partial charge in [-0.2, -0.15) is 4.31 Å². The van der Waals surface area contributed by atoms with E-state index in [2.05, 4.69) is 5.32 Å². The first-order chi connectivity index (χ1) is 13.3. The van der Waals surface area contributed by atoms with E-state index in [-0.39, 0.29) is 23.4 Å². The fraction of sp³-hybridized carbons (Fsp3) is 0.381. The van der Waals surface area contributed by atoms with Crippen LogP contribution in [0.4, 0.5) is 4.39 Å². The summed E-state index contributed by atoms with van der Waals surface area (Å²) in [5, 5.41) is 2.99. The van der Waals surface area contributed by atoms with Crippen molar-refractivity contribution in [3.05, 3.63) is 65.5 Å². The molecule has 1 fully saturated rings. The zero-order chi connectivity index (χ0) is 20.3. The lowest BCUT2D eigenvalue weighted by molar-refractivity contribution is -0.126. The zero-order valence-corrected chi connectivity index (χ0v) is 16.9. The Kier molecular flexibility index (Phi) is 6.15. The summed E-state index contributed by atoms with van der Waals surface area (Å²) in [6, 6.07) is 12.6. The molecule has 1 saturated heterocycles.